The summed E-state index contributed by atoms with van der Waals surface area (Å²) in [5.41, 5.74) is 4.99. The van der Waals surface area contributed by atoms with Gasteiger partial charge in [-0.15, -0.1) is 15.7 Å². The van der Waals surface area contributed by atoms with Crippen LogP contribution in [0.5, 0.6) is 6.01 Å². The fourth-order valence-corrected chi connectivity index (χ4v) is 14.6. The average molecular weight is 1190 g/mol. The van der Waals surface area contributed by atoms with E-state index < -0.39 is 29.6 Å². The topological polar surface area (TPSA) is 192 Å². The maximum atomic E-state index is 15.0. The van der Waals surface area contributed by atoms with Crippen LogP contribution in [0.4, 0.5) is 15.9 Å². The zero-order valence-electron chi connectivity index (χ0n) is 50.6. The molecule has 8 unspecified atom stereocenters. The van der Waals surface area contributed by atoms with Crippen molar-refractivity contribution in [2.45, 2.75) is 128 Å². The minimum Gasteiger partial charge on any atom is -0.461 e. The number of aromatic nitrogens is 3. The molecule has 17 nitrogen and oxygen atoms in total. The Bertz CT molecular complexity index is 3390. The number of amides is 3. The Morgan fingerprint density at radius 3 is 2.42 bits per heavy atom. The standard InChI is InChI=1S/C43H53FN7O2P.C23H29N3O4.CH2O/c1-6-33-36(44)13-10-29-8-7-9-34(37(29)33)38-40(54)39-35(19-46-38)41(50-21-30-11-12-31(22-50)47-30)49-42(48-39)53-25-43-15-14-32(51(43)20-28(4)17-43)24-52-23-27(3)16-26(2)18-45-5;1-4-7-19(21(28)24-6-3)26-22(29)17-9-8-16(14-18(17)23(26)30)25-12-10-15(11-13-25)20(27)5-2;1-2/h1,7-10,13,19,26-27,30-32,45,47H,4,11-12,14-18,20-25,54H2,2-3,5H3;6,8-9,14-15,19H,3-5,7,10-13H2,1-2H3,(H,24,28);1H2. The molecule has 6 aliphatic heterocycles. The number of piperazine rings is 1. The highest BCUT2D eigenvalue weighted by atomic mass is 31.0. The SMILES string of the molecule is C#Cc1c(F)ccc2cccc(-c3ncc4c(N5CC6CCC(C5)N6)nc(OCC56CCC(COCC(C)CC(C)CNC)N5CC(=C)C6)nc4c3P)c12.C=CNC(=O)C(CCC)N1C(=O)c2ccc(N3CCC(C(=O)CC)CC3)cc2C1=O.C=O. The monoisotopic (exact) mass is 1190 g/mol. The first kappa shape index (κ1) is 63.5. The third-order valence-corrected chi connectivity index (χ3v) is 18.7. The van der Waals surface area contributed by atoms with E-state index in [1.54, 1.807) is 18.2 Å². The van der Waals surface area contributed by atoms with E-state index in [1.807, 2.05) is 58.1 Å². The molecule has 8 heterocycles. The van der Waals surface area contributed by atoms with Gasteiger partial charge in [-0.2, -0.15) is 9.97 Å². The highest BCUT2D eigenvalue weighted by Gasteiger charge is 2.51. The zero-order valence-corrected chi connectivity index (χ0v) is 51.8. The predicted octanol–water partition coefficient (Wildman–Crippen LogP) is 8.57. The minimum absolute atomic E-state index is 0.109. The van der Waals surface area contributed by atoms with E-state index in [0.29, 0.717) is 96.4 Å². The second-order valence-corrected chi connectivity index (χ2v) is 24.8. The first-order valence-electron chi connectivity index (χ1n) is 30.5. The van der Waals surface area contributed by atoms with Crippen molar-refractivity contribution in [2.24, 2.45) is 17.8 Å². The number of Topliss-reactive ketones (excluding diaryl/α,β-unsaturated/α-hetero) is 1. The van der Waals surface area contributed by atoms with E-state index >= 15 is 4.39 Å². The summed E-state index contributed by atoms with van der Waals surface area (Å²) in [5, 5.41) is 12.7. The van der Waals surface area contributed by atoms with Crippen LogP contribution in [0.3, 0.4) is 0 Å². The van der Waals surface area contributed by atoms with Gasteiger partial charge in [-0.25, -0.2) is 4.39 Å². The van der Waals surface area contributed by atoms with Crippen LogP contribution in [0.25, 0.3) is 32.9 Å². The highest BCUT2D eigenvalue weighted by Crippen LogP contribution is 2.45. The van der Waals surface area contributed by atoms with Crippen molar-refractivity contribution in [3.05, 3.63) is 102 Å². The number of carbonyl (C=O) groups excluding carboxylic acids is 5. The number of rotatable bonds is 21. The number of terminal acetylenes is 1. The Kier molecular flexibility index (Phi) is 20.8. The molecule has 2 aromatic heterocycles. The molecule has 6 aliphatic rings. The van der Waals surface area contributed by atoms with E-state index in [-0.39, 0.29) is 17.0 Å². The van der Waals surface area contributed by atoms with Gasteiger partial charge in [0, 0.05) is 97.9 Å². The van der Waals surface area contributed by atoms with Crippen molar-refractivity contribution in [1.29, 1.82) is 0 Å². The van der Waals surface area contributed by atoms with Gasteiger partial charge in [0.15, 0.2) is 0 Å². The fraction of sp³-hybridized carbons (Fsp3) is 0.493. The molecule has 5 fully saturated rings. The van der Waals surface area contributed by atoms with Crippen LogP contribution in [0, 0.1) is 35.9 Å². The Morgan fingerprint density at radius 1 is 0.977 bits per heavy atom. The predicted molar refractivity (Wildman–Crippen MR) is 340 cm³/mol. The van der Waals surface area contributed by atoms with Crippen LogP contribution in [0.1, 0.15) is 125 Å². The summed E-state index contributed by atoms with van der Waals surface area (Å²) >= 11 is 0. The molecule has 8 atom stereocenters. The average Bonchev–Trinajstić information content (AvgIpc) is 1.31. The van der Waals surface area contributed by atoms with Crippen molar-refractivity contribution >= 4 is 78.0 Å². The second kappa shape index (κ2) is 28.2. The van der Waals surface area contributed by atoms with E-state index in [0.717, 1.165) is 141 Å². The number of anilines is 2. The molecule has 86 heavy (non-hydrogen) atoms. The molecule has 2 bridgehead atoms. The number of hydrogen-bond donors (Lipinski definition) is 3. The molecule has 3 N–H and O–H groups in total. The molecular weight excluding hydrogens is 1110 g/mol. The molecule has 5 aromatic rings. The highest BCUT2D eigenvalue weighted by molar-refractivity contribution is 7.28. The van der Waals surface area contributed by atoms with Crippen LogP contribution in [0.15, 0.2) is 79.7 Å². The van der Waals surface area contributed by atoms with E-state index in [1.165, 1.54) is 17.8 Å². The normalized spacial score (nSPS) is 21.9. The van der Waals surface area contributed by atoms with Gasteiger partial charge < -0.3 is 40.0 Å². The molecule has 0 spiro atoms. The number of imide groups is 1. The third-order valence-electron chi connectivity index (χ3n) is 18.1. The Balaban J connectivity index is 0.000000234. The summed E-state index contributed by atoms with van der Waals surface area (Å²) in [6, 6.07) is 14.9. The first-order chi connectivity index (χ1) is 41.6. The van der Waals surface area contributed by atoms with Crippen LogP contribution < -0.4 is 35.8 Å². The van der Waals surface area contributed by atoms with Crippen LogP contribution in [-0.2, 0) is 19.1 Å². The van der Waals surface area contributed by atoms with Crippen molar-refractivity contribution in [3.63, 3.8) is 0 Å². The lowest BCUT2D eigenvalue weighted by atomic mass is 9.91. The number of ether oxygens (including phenoxy) is 2. The molecule has 3 aromatic carbocycles. The zero-order chi connectivity index (χ0) is 61.4. The molecule has 0 aliphatic carbocycles. The van der Waals surface area contributed by atoms with Crippen molar-refractivity contribution in [1.82, 2.24) is 40.7 Å². The fourth-order valence-electron chi connectivity index (χ4n) is 14.1. The number of nitrogens with one attached hydrogen (secondary N) is 3. The Hall–Kier alpha value is -7.00. The van der Waals surface area contributed by atoms with E-state index in [9.17, 15) is 19.2 Å². The number of ketones is 1. The van der Waals surface area contributed by atoms with Gasteiger partial charge in [-0.1, -0.05) is 83.0 Å². The summed E-state index contributed by atoms with van der Waals surface area (Å²) in [5.74, 6) is 3.26. The van der Waals surface area contributed by atoms with Crippen LogP contribution >= 0.6 is 9.24 Å². The van der Waals surface area contributed by atoms with Crippen molar-refractivity contribution in [2.75, 3.05) is 75.9 Å². The van der Waals surface area contributed by atoms with Gasteiger partial charge in [0.05, 0.1) is 45.4 Å². The lowest BCUT2D eigenvalue weighted by Crippen LogP contribution is -2.51. The third kappa shape index (κ3) is 13.3. The van der Waals surface area contributed by atoms with Gasteiger partial charge in [-0.3, -0.25) is 34.0 Å². The lowest BCUT2D eigenvalue weighted by molar-refractivity contribution is -0.124. The summed E-state index contributed by atoms with van der Waals surface area (Å²) in [6.45, 7) is 25.3. The number of fused-ring (bicyclic) bond motifs is 6. The molecular formula is C67H84FN10O7P. The Labute approximate surface area is 507 Å². The quantitative estimate of drug-likeness (QED) is 0.0274. The number of pyridine rings is 1. The van der Waals surface area contributed by atoms with E-state index in [2.05, 4.69) is 72.8 Å². The van der Waals surface area contributed by atoms with Gasteiger partial charge in [0.1, 0.15) is 36.9 Å². The van der Waals surface area contributed by atoms with Crippen molar-refractivity contribution in [3.8, 4) is 29.6 Å². The van der Waals surface area contributed by atoms with Crippen LogP contribution in [-0.4, -0.2) is 151 Å². The largest absolute Gasteiger partial charge is 0.461 e. The van der Waals surface area contributed by atoms with Gasteiger partial charge in [-0.05, 0) is 119 Å². The second-order valence-electron chi connectivity index (χ2n) is 24.2. The molecule has 11 rings (SSSR count). The van der Waals surface area contributed by atoms with E-state index in [4.69, 9.17) is 35.6 Å². The summed E-state index contributed by atoms with van der Waals surface area (Å²) in [6.07, 6.45) is 18.6. The summed E-state index contributed by atoms with van der Waals surface area (Å²) in [4.78, 5) is 81.8. The molecule has 456 valence electrons. The number of benzene rings is 3. The molecule has 5 saturated heterocycles. The van der Waals surface area contributed by atoms with Crippen LogP contribution in [0.2, 0.25) is 0 Å². The number of halogens is 1. The molecule has 3 amide bonds. The number of hydrogen-bond acceptors (Lipinski definition) is 15. The lowest BCUT2D eigenvalue weighted by Gasteiger charge is -2.35. The summed E-state index contributed by atoms with van der Waals surface area (Å²) < 4.78 is 28.1. The number of nitrogens with zero attached hydrogens (tertiary/aromatic N) is 7. The number of carbonyl (C=O) groups is 5. The molecule has 0 saturated carbocycles. The smallest absolute Gasteiger partial charge is 0.319 e. The number of piperidine rings is 1. The molecule has 0 radical (unpaired) electrons. The van der Waals surface area contributed by atoms with Gasteiger partial charge in [0.25, 0.3) is 11.8 Å². The first-order valence-corrected chi connectivity index (χ1v) is 31.1. The van der Waals surface area contributed by atoms with Crippen molar-refractivity contribution < 1.29 is 37.8 Å². The van der Waals surface area contributed by atoms with Gasteiger partial charge >= 0.3 is 6.01 Å². The van der Waals surface area contributed by atoms with Gasteiger partial charge in [0.2, 0.25) is 5.91 Å². The molecule has 19 heteroatoms. The maximum Gasteiger partial charge on any atom is 0.319 e. The Morgan fingerprint density at radius 2 is 1.72 bits per heavy atom. The summed E-state index contributed by atoms with van der Waals surface area (Å²) in [7, 11) is 4.88. The minimum atomic E-state index is -0.861. The maximum absolute atomic E-state index is 15.0.